The van der Waals surface area contributed by atoms with Crippen molar-refractivity contribution in [2.75, 3.05) is 7.11 Å². The molecule has 0 fully saturated rings. The van der Waals surface area contributed by atoms with Crippen LogP contribution in [0.4, 0.5) is 0 Å². The van der Waals surface area contributed by atoms with E-state index in [4.69, 9.17) is 16.3 Å². The van der Waals surface area contributed by atoms with E-state index in [1.165, 1.54) is 0 Å². The Morgan fingerprint density at radius 3 is 2.61 bits per heavy atom. The van der Waals surface area contributed by atoms with E-state index in [-0.39, 0.29) is 5.28 Å². The maximum atomic E-state index is 5.92. The Hall–Kier alpha value is -2.07. The van der Waals surface area contributed by atoms with Gasteiger partial charge in [0.05, 0.1) is 12.8 Å². The lowest BCUT2D eigenvalue weighted by Gasteiger charge is -2.04. The summed E-state index contributed by atoms with van der Waals surface area (Å²) in [6.45, 7) is 0. The van der Waals surface area contributed by atoms with Crippen LogP contribution in [0.15, 0.2) is 36.5 Å². The summed E-state index contributed by atoms with van der Waals surface area (Å²) in [6.07, 6.45) is 1.82. The first-order valence-corrected chi connectivity index (χ1v) is 5.81. The van der Waals surface area contributed by atoms with Gasteiger partial charge in [-0.1, -0.05) is 0 Å². The molecule has 2 heterocycles. The first-order valence-electron chi connectivity index (χ1n) is 5.43. The number of nitrogens with one attached hydrogen (secondary N) is 1. The van der Waals surface area contributed by atoms with Gasteiger partial charge in [-0.3, -0.25) is 0 Å². The van der Waals surface area contributed by atoms with E-state index in [0.29, 0.717) is 0 Å². The summed E-state index contributed by atoms with van der Waals surface area (Å²) < 4.78 is 5.14. The Kier molecular flexibility index (Phi) is 2.64. The standard InChI is InChI=1S/C13H10ClN3O/c1-18-9-4-2-8(3-5-9)11-10-6-7-15-12(10)17-13(14)16-11/h2-7H,1H3,(H,15,16,17). The number of nitrogens with zero attached hydrogens (tertiary/aromatic N) is 2. The van der Waals surface area contributed by atoms with E-state index in [9.17, 15) is 0 Å². The summed E-state index contributed by atoms with van der Waals surface area (Å²) >= 11 is 5.92. The molecule has 0 unspecified atom stereocenters. The highest BCUT2D eigenvalue weighted by atomic mass is 35.5. The molecule has 0 radical (unpaired) electrons. The zero-order chi connectivity index (χ0) is 12.5. The molecule has 1 N–H and O–H groups in total. The van der Waals surface area contributed by atoms with Crippen molar-refractivity contribution in [2.45, 2.75) is 0 Å². The molecule has 0 saturated heterocycles. The average molecular weight is 260 g/mol. The molecule has 0 spiro atoms. The van der Waals surface area contributed by atoms with Crippen LogP contribution in [-0.2, 0) is 0 Å². The van der Waals surface area contributed by atoms with Crippen LogP contribution in [0.3, 0.4) is 0 Å². The second kappa shape index (κ2) is 4.31. The van der Waals surface area contributed by atoms with E-state index >= 15 is 0 Å². The fourth-order valence-corrected chi connectivity index (χ4v) is 2.05. The van der Waals surface area contributed by atoms with Crippen LogP contribution in [0.2, 0.25) is 5.28 Å². The third kappa shape index (κ3) is 1.80. The minimum absolute atomic E-state index is 0.232. The minimum Gasteiger partial charge on any atom is -0.497 e. The van der Waals surface area contributed by atoms with Gasteiger partial charge in [0.2, 0.25) is 5.28 Å². The Balaban J connectivity index is 2.20. The molecule has 5 heteroatoms. The molecule has 2 aromatic heterocycles. The summed E-state index contributed by atoms with van der Waals surface area (Å²) in [5.41, 5.74) is 2.53. The van der Waals surface area contributed by atoms with Crippen LogP contribution in [0.5, 0.6) is 5.75 Å². The fraction of sp³-hybridized carbons (Fsp3) is 0.0769. The number of aromatic nitrogens is 3. The van der Waals surface area contributed by atoms with Crippen molar-refractivity contribution in [3.05, 3.63) is 41.8 Å². The predicted octanol–water partition coefficient (Wildman–Crippen LogP) is 3.29. The summed E-state index contributed by atoms with van der Waals surface area (Å²) in [5.74, 6) is 0.809. The van der Waals surface area contributed by atoms with Gasteiger partial charge in [-0.05, 0) is 41.9 Å². The fourth-order valence-electron chi connectivity index (χ4n) is 1.88. The maximum Gasteiger partial charge on any atom is 0.224 e. The van der Waals surface area contributed by atoms with Gasteiger partial charge in [-0.2, -0.15) is 4.98 Å². The molecule has 1 aromatic carbocycles. The van der Waals surface area contributed by atoms with Gasteiger partial charge in [0.25, 0.3) is 0 Å². The van der Waals surface area contributed by atoms with Crippen LogP contribution in [0, 0.1) is 0 Å². The highest BCUT2D eigenvalue weighted by molar-refractivity contribution is 6.28. The molecule has 90 valence electrons. The van der Waals surface area contributed by atoms with Gasteiger partial charge in [0.15, 0.2) is 0 Å². The van der Waals surface area contributed by atoms with E-state index in [0.717, 1.165) is 28.0 Å². The van der Waals surface area contributed by atoms with Crippen LogP contribution in [0.1, 0.15) is 0 Å². The van der Waals surface area contributed by atoms with Crippen molar-refractivity contribution in [2.24, 2.45) is 0 Å². The van der Waals surface area contributed by atoms with Gasteiger partial charge in [0, 0.05) is 17.1 Å². The topological polar surface area (TPSA) is 50.8 Å². The lowest BCUT2D eigenvalue weighted by atomic mass is 10.1. The molecule has 0 aliphatic carbocycles. The molecule has 18 heavy (non-hydrogen) atoms. The zero-order valence-corrected chi connectivity index (χ0v) is 10.4. The van der Waals surface area contributed by atoms with Gasteiger partial charge in [0.1, 0.15) is 11.4 Å². The normalized spacial score (nSPS) is 10.8. The monoisotopic (exact) mass is 259 g/mol. The predicted molar refractivity (Wildman–Crippen MR) is 70.9 cm³/mol. The number of methoxy groups -OCH3 is 1. The molecule has 0 bridgehead atoms. The molecule has 0 aliphatic heterocycles. The molecular formula is C13H10ClN3O. The first kappa shape index (κ1) is 11.0. The summed E-state index contributed by atoms with van der Waals surface area (Å²) in [4.78, 5) is 11.5. The number of fused-ring (bicyclic) bond motifs is 1. The first-order chi connectivity index (χ1) is 8.78. The van der Waals surface area contributed by atoms with Crippen molar-refractivity contribution >= 4 is 22.6 Å². The summed E-state index contributed by atoms with van der Waals surface area (Å²) in [7, 11) is 1.64. The van der Waals surface area contributed by atoms with Gasteiger partial charge in [-0.25, -0.2) is 4.98 Å². The van der Waals surface area contributed by atoms with Crippen molar-refractivity contribution in [3.8, 4) is 17.0 Å². The number of aromatic amines is 1. The number of benzene rings is 1. The minimum atomic E-state index is 0.232. The van der Waals surface area contributed by atoms with Crippen LogP contribution in [0.25, 0.3) is 22.3 Å². The average Bonchev–Trinajstić information content (AvgIpc) is 2.86. The van der Waals surface area contributed by atoms with E-state index in [1.807, 2.05) is 36.5 Å². The molecule has 0 saturated carbocycles. The van der Waals surface area contributed by atoms with Crippen molar-refractivity contribution in [1.29, 1.82) is 0 Å². The molecule has 3 rings (SSSR count). The van der Waals surface area contributed by atoms with E-state index in [2.05, 4.69) is 15.0 Å². The van der Waals surface area contributed by atoms with Gasteiger partial charge < -0.3 is 9.72 Å². The molecule has 3 aromatic rings. The molecule has 0 atom stereocenters. The molecule has 0 amide bonds. The van der Waals surface area contributed by atoms with Crippen molar-refractivity contribution < 1.29 is 4.74 Å². The number of ether oxygens (including phenoxy) is 1. The highest BCUT2D eigenvalue weighted by Gasteiger charge is 2.09. The Morgan fingerprint density at radius 1 is 1.11 bits per heavy atom. The second-order valence-corrected chi connectivity index (χ2v) is 4.15. The van der Waals surface area contributed by atoms with Gasteiger partial charge >= 0.3 is 0 Å². The number of hydrogen-bond acceptors (Lipinski definition) is 3. The van der Waals surface area contributed by atoms with Crippen LogP contribution >= 0.6 is 11.6 Å². The second-order valence-electron chi connectivity index (χ2n) is 3.81. The summed E-state index contributed by atoms with van der Waals surface area (Å²) in [6, 6.07) is 9.62. The number of H-pyrrole nitrogens is 1. The number of halogens is 1. The highest BCUT2D eigenvalue weighted by Crippen LogP contribution is 2.27. The number of hydrogen-bond donors (Lipinski definition) is 1. The van der Waals surface area contributed by atoms with E-state index < -0.39 is 0 Å². The third-order valence-electron chi connectivity index (χ3n) is 2.75. The van der Waals surface area contributed by atoms with Gasteiger partial charge in [-0.15, -0.1) is 0 Å². The zero-order valence-electron chi connectivity index (χ0n) is 9.64. The molecule has 4 nitrogen and oxygen atoms in total. The lowest BCUT2D eigenvalue weighted by molar-refractivity contribution is 0.415. The molecule has 0 aliphatic rings. The Labute approximate surface area is 109 Å². The van der Waals surface area contributed by atoms with Crippen LogP contribution < -0.4 is 4.74 Å². The maximum absolute atomic E-state index is 5.92. The number of rotatable bonds is 2. The quantitative estimate of drug-likeness (QED) is 0.719. The Bertz CT molecular complexity index is 691. The summed E-state index contributed by atoms with van der Waals surface area (Å²) in [5, 5.41) is 1.18. The van der Waals surface area contributed by atoms with Crippen molar-refractivity contribution in [3.63, 3.8) is 0 Å². The van der Waals surface area contributed by atoms with E-state index in [1.54, 1.807) is 7.11 Å². The smallest absolute Gasteiger partial charge is 0.224 e. The van der Waals surface area contributed by atoms with Crippen LogP contribution in [-0.4, -0.2) is 22.1 Å². The molecular weight excluding hydrogens is 250 g/mol. The largest absolute Gasteiger partial charge is 0.497 e. The van der Waals surface area contributed by atoms with Crippen molar-refractivity contribution in [1.82, 2.24) is 15.0 Å². The third-order valence-corrected chi connectivity index (χ3v) is 2.92. The Morgan fingerprint density at radius 2 is 1.89 bits per heavy atom. The SMILES string of the molecule is COc1ccc(-c2nc(Cl)nc3[nH]ccc23)cc1. The lowest BCUT2D eigenvalue weighted by Crippen LogP contribution is -1.90.